The Kier molecular flexibility index (Phi) is 6.28. The summed E-state index contributed by atoms with van der Waals surface area (Å²) in [6.45, 7) is 0. The van der Waals surface area contributed by atoms with Crippen LogP contribution < -0.4 is 5.73 Å². The topological polar surface area (TPSA) is 91.5 Å². The molecule has 1 aromatic heterocycles. The molecule has 1 amide bonds. The molecule has 82 valence electrons. The minimum atomic E-state index is -0.657. The Morgan fingerprint density at radius 2 is 1.93 bits per heavy atom. The highest BCUT2D eigenvalue weighted by Crippen LogP contribution is 1.91. The van der Waals surface area contributed by atoms with E-state index in [2.05, 4.69) is 14.5 Å². The van der Waals surface area contributed by atoms with E-state index >= 15 is 0 Å². The normalized spacial score (nSPS) is 8.13. The number of nitrogens with two attached hydrogens (primary N) is 1. The summed E-state index contributed by atoms with van der Waals surface area (Å²) >= 11 is 0. The van der Waals surface area contributed by atoms with E-state index in [1.165, 1.54) is 20.4 Å². The number of methoxy groups -OCH3 is 2. The maximum Gasteiger partial charge on any atom is 0.507 e. The van der Waals surface area contributed by atoms with Crippen molar-refractivity contribution in [1.29, 1.82) is 0 Å². The van der Waals surface area contributed by atoms with Crippen LogP contribution in [0.4, 0.5) is 4.79 Å². The average molecular weight is 212 g/mol. The standard InChI is InChI=1S/C6H6N2O.C3H6O3/c7-6(9)5-2-1-3-8-4-5;1-5-3(4)6-2/h1-4H,(H2,7,9);1-2H3. The van der Waals surface area contributed by atoms with E-state index in [1.54, 1.807) is 18.3 Å². The van der Waals surface area contributed by atoms with Crippen LogP contribution in [0.2, 0.25) is 0 Å². The van der Waals surface area contributed by atoms with Crippen LogP contribution in [0.5, 0.6) is 0 Å². The smallest absolute Gasteiger partial charge is 0.438 e. The molecule has 0 saturated heterocycles. The van der Waals surface area contributed by atoms with Gasteiger partial charge in [0.2, 0.25) is 5.91 Å². The van der Waals surface area contributed by atoms with Crippen molar-refractivity contribution in [3.05, 3.63) is 30.1 Å². The number of ether oxygens (including phenoxy) is 2. The van der Waals surface area contributed by atoms with Crippen LogP contribution in [0.25, 0.3) is 0 Å². The number of carbonyl (C=O) groups is 2. The van der Waals surface area contributed by atoms with Gasteiger partial charge in [0.05, 0.1) is 19.8 Å². The van der Waals surface area contributed by atoms with Gasteiger partial charge in [0, 0.05) is 12.4 Å². The largest absolute Gasteiger partial charge is 0.507 e. The Morgan fingerprint density at radius 3 is 2.13 bits per heavy atom. The van der Waals surface area contributed by atoms with Gasteiger partial charge in [-0.1, -0.05) is 0 Å². The van der Waals surface area contributed by atoms with Gasteiger partial charge in [0.1, 0.15) is 0 Å². The molecular formula is C9H12N2O4. The molecule has 0 aliphatic rings. The quantitative estimate of drug-likeness (QED) is 0.687. The van der Waals surface area contributed by atoms with Gasteiger partial charge in [-0.3, -0.25) is 9.78 Å². The highest BCUT2D eigenvalue weighted by molar-refractivity contribution is 5.92. The number of rotatable bonds is 1. The van der Waals surface area contributed by atoms with Crippen molar-refractivity contribution in [3.63, 3.8) is 0 Å². The summed E-state index contributed by atoms with van der Waals surface area (Å²) < 4.78 is 8.08. The maximum absolute atomic E-state index is 10.4. The summed E-state index contributed by atoms with van der Waals surface area (Å²) in [5.41, 5.74) is 5.38. The molecule has 15 heavy (non-hydrogen) atoms. The van der Waals surface area contributed by atoms with Crippen molar-refractivity contribution in [1.82, 2.24) is 4.98 Å². The summed E-state index contributed by atoms with van der Waals surface area (Å²) in [6.07, 6.45) is 2.37. The van der Waals surface area contributed by atoms with Gasteiger partial charge in [-0.15, -0.1) is 0 Å². The van der Waals surface area contributed by atoms with Crippen LogP contribution in [-0.2, 0) is 9.47 Å². The van der Waals surface area contributed by atoms with E-state index in [4.69, 9.17) is 5.73 Å². The van der Waals surface area contributed by atoms with Crippen molar-refractivity contribution < 1.29 is 19.1 Å². The highest BCUT2D eigenvalue weighted by atomic mass is 16.7. The molecule has 0 aliphatic carbocycles. The summed E-state index contributed by atoms with van der Waals surface area (Å²) in [7, 11) is 2.51. The molecule has 6 heteroatoms. The molecule has 0 atom stereocenters. The molecule has 0 bridgehead atoms. The Morgan fingerprint density at radius 1 is 1.33 bits per heavy atom. The van der Waals surface area contributed by atoms with Crippen LogP contribution in [0, 0.1) is 0 Å². The van der Waals surface area contributed by atoms with E-state index < -0.39 is 12.1 Å². The molecule has 0 unspecified atom stereocenters. The Labute approximate surface area is 87.0 Å². The van der Waals surface area contributed by atoms with Gasteiger partial charge >= 0.3 is 6.16 Å². The van der Waals surface area contributed by atoms with Crippen molar-refractivity contribution >= 4 is 12.1 Å². The number of pyridine rings is 1. The summed E-state index contributed by atoms with van der Waals surface area (Å²) in [5.74, 6) is -0.442. The predicted octanol–water partition coefficient (Wildman–Crippen LogP) is 0.580. The molecule has 6 nitrogen and oxygen atoms in total. The number of nitrogens with zero attached hydrogens (tertiary/aromatic N) is 1. The lowest BCUT2D eigenvalue weighted by molar-refractivity contribution is 0.0923. The average Bonchev–Trinajstić information content (AvgIpc) is 2.30. The number of carbonyl (C=O) groups excluding carboxylic acids is 2. The SMILES string of the molecule is COC(=O)OC.NC(=O)c1cccnc1. The molecule has 0 saturated carbocycles. The zero-order valence-corrected chi connectivity index (χ0v) is 8.47. The van der Waals surface area contributed by atoms with Crippen molar-refractivity contribution in [2.45, 2.75) is 0 Å². The lowest BCUT2D eigenvalue weighted by atomic mass is 10.3. The van der Waals surface area contributed by atoms with Gasteiger partial charge in [-0.05, 0) is 12.1 Å². The van der Waals surface area contributed by atoms with Gasteiger partial charge < -0.3 is 15.2 Å². The fourth-order valence-electron chi connectivity index (χ4n) is 0.592. The van der Waals surface area contributed by atoms with Crippen LogP contribution >= 0.6 is 0 Å². The van der Waals surface area contributed by atoms with E-state index in [0.717, 1.165) is 0 Å². The third kappa shape index (κ3) is 6.03. The molecule has 0 fully saturated rings. The van der Waals surface area contributed by atoms with Crippen LogP contribution in [0.3, 0.4) is 0 Å². The third-order valence-corrected chi connectivity index (χ3v) is 1.28. The third-order valence-electron chi connectivity index (χ3n) is 1.28. The van der Waals surface area contributed by atoms with E-state index in [0.29, 0.717) is 5.56 Å². The number of amides is 1. The van der Waals surface area contributed by atoms with E-state index in [9.17, 15) is 9.59 Å². The first kappa shape index (κ1) is 12.9. The van der Waals surface area contributed by atoms with Crippen LogP contribution in [0.15, 0.2) is 24.5 Å². The number of hydrogen-bond acceptors (Lipinski definition) is 5. The maximum atomic E-state index is 10.4. The molecule has 0 spiro atoms. The summed E-state index contributed by atoms with van der Waals surface area (Å²) in [5, 5.41) is 0. The lowest BCUT2D eigenvalue weighted by Crippen LogP contribution is -2.10. The molecule has 0 aromatic carbocycles. The zero-order chi connectivity index (χ0) is 11.7. The van der Waals surface area contributed by atoms with E-state index in [1.807, 2.05) is 0 Å². The Balaban J connectivity index is 0.000000288. The molecule has 0 aliphatic heterocycles. The van der Waals surface area contributed by atoms with Gasteiger partial charge in [-0.2, -0.15) is 0 Å². The van der Waals surface area contributed by atoms with Crippen LogP contribution in [0.1, 0.15) is 10.4 Å². The second kappa shape index (κ2) is 7.31. The minimum Gasteiger partial charge on any atom is -0.438 e. The van der Waals surface area contributed by atoms with E-state index in [-0.39, 0.29) is 0 Å². The predicted molar refractivity (Wildman–Crippen MR) is 52.2 cm³/mol. The van der Waals surface area contributed by atoms with Gasteiger partial charge in [0.15, 0.2) is 0 Å². The number of aromatic nitrogens is 1. The monoisotopic (exact) mass is 212 g/mol. The first-order valence-electron chi connectivity index (χ1n) is 3.93. The summed E-state index contributed by atoms with van der Waals surface area (Å²) in [6, 6.07) is 3.29. The van der Waals surface area contributed by atoms with Crippen molar-refractivity contribution in [2.75, 3.05) is 14.2 Å². The molecule has 1 rings (SSSR count). The Hall–Kier alpha value is -2.11. The molecule has 0 radical (unpaired) electrons. The van der Waals surface area contributed by atoms with Crippen LogP contribution in [-0.4, -0.2) is 31.3 Å². The van der Waals surface area contributed by atoms with Crippen molar-refractivity contribution in [3.8, 4) is 0 Å². The second-order valence-electron chi connectivity index (χ2n) is 2.26. The zero-order valence-electron chi connectivity index (χ0n) is 8.47. The fraction of sp³-hybridized carbons (Fsp3) is 0.222. The first-order valence-corrected chi connectivity index (χ1v) is 3.93. The molecule has 1 aromatic rings. The molecular weight excluding hydrogens is 200 g/mol. The molecule has 1 heterocycles. The fourth-order valence-corrected chi connectivity index (χ4v) is 0.592. The number of primary amides is 1. The van der Waals surface area contributed by atoms with Gasteiger partial charge in [0.25, 0.3) is 0 Å². The summed E-state index contributed by atoms with van der Waals surface area (Å²) in [4.78, 5) is 23.8. The number of hydrogen-bond donors (Lipinski definition) is 1. The van der Waals surface area contributed by atoms with Gasteiger partial charge in [-0.25, -0.2) is 4.79 Å². The first-order chi connectivity index (χ1) is 7.11. The minimum absolute atomic E-state index is 0.442. The Bertz CT molecular complexity index is 307. The second-order valence-corrected chi connectivity index (χ2v) is 2.26. The highest BCUT2D eigenvalue weighted by Gasteiger charge is 1.94. The van der Waals surface area contributed by atoms with Crippen molar-refractivity contribution in [2.24, 2.45) is 5.73 Å². The molecule has 2 N–H and O–H groups in total. The lowest BCUT2D eigenvalue weighted by Gasteiger charge is -1.89.